The van der Waals surface area contributed by atoms with Crippen LogP contribution in [0.2, 0.25) is 0 Å². The van der Waals surface area contributed by atoms with E-state index in [0.717, 1.165) is 10.2 Å². The van der Waals surface area contributed by atoms with Crippen molar-refractivity contribution in [1.29, 1.82) is 0 Å². The molecule has 2 aromatic heterocycles. The van der Waals surface area contributed by atoms with E-state index in [1.807, 2.05) is 19.2 Å². The van der Waals surface area contributed by atoms with Gasteiger partial charge in [-0.2, -0.15) is 5.10 Å². The van der Waals surface area contributed by atoms with Crippen LogP contribution in [0.1, 0.15) is 5.69 Å². The summed E-state index contributed by atoms with van der Waals surface area (Å²) in [5.74, 6) is 0.707. The maximum absolute atomic E-state index is 5.74. The van der Waals surface area contributed by atoms with Crippen molar-refractivity contribution in [2.45, 2.75) is 6.92 Å². The van der Waals surface area contributed by atoms with E-state index in [-0.39, 0.29) is 0 Å². The molecule has 2 aromatic rings. The van der Waals surface area contributed by atoms with Gasteiger partial charge in [0.2, 0.25) is 0 Å². The molecule has 0 amide bonds. The van der Waals surface area contributed by atoms with Gasteiger partial charge in [-0.1, -0.05) is 0 Å². The lowest BCUT2D eigenvalue weighted by molar-refractivity contribution is 0.828. The van der Waals surface area contributed by atoms with Gasteiger partial charge in [0.15, 0.2) is 5.82 Å². The number of hydrogen-bond donors (Lipinski definition) is 1. The molecular weight excluding hydrogens is 244 g/mol. The number of pyridine rings is 1. The molecule has 72 valence electrons. The number of aryl methyl sites for hydroxylation is 1. The van der Waals surface area contributed by atoms with E-state index in [9.17, 15) is 0 Å². The van der Waals surface area contributed by atoms with Crippen LogP contribution in [-0.2, 0) is 0 Å². The minimum atomic E-state index is 0.656. The van der Waals surface area contributed by atoms with Crippen molar-refractivity contribution in [3.8, 4) is 5.82 Å². The summed E-state index contributed by atoms with van der Waals surface area (Å²) in [6, 6.07) is 3.65. The summed E-state index contributed by atoms with van der Waals surface area (Å²) in [6.45, 7) is 1.93. The molecule has 0 aliphatic rings. The molecule has 2 rings (SSSR count). The fourth-order valence-corrected chi connectivity index (χ4v) is 1.56. The average Bonchev–Trinajstić information content (AvgIpc) is 2.57. The summed E-state index contributed by atoms with van der Waals surface area (Å²) in [6.07, 6.45) is 3.51. The van der Waals surface area contributed by atoms with E-state index in [1.165, 1.54) is 0 Å². The molecule has 0 radical (unpaired) electrons. The van der Waals surface area contributed by atoms with Crippen LogP contribution in [0.3, 0.4) is 0 Å². The second-order valence-electron chi connectivity index (χ2n) is 2.94. The predicted octanol–water partition coefficient (Wildman–Crippen LogP) is 1.92. The Morgan fingerprint density at radius 1 is 1.43 bits per heavy atom. The zero-order valence-corrected chi connectivity index (χ0v) is 9.19. The smallest absolute Gasteiger partial charge is 0.169 e. The standard InChI is InChI=1S/C9H9BrN4/c1-6-3-5-14(13-6)9-8(10)7(11)2-4-12-9/h2-5H,1H3,(H2,11,12). The van der Waals surface area contributed by atoms with E-state index in [4.69, 9.17) is 5.73 Å². The molecule has 0 aliphatic heterocycles. The molecule has 0 saturated heterocycles. The van der Waals surface area contributed by atoms with Gasteiger partial charge >= 0.3 is 0 Å². The van der Waals surface area contributed by atoms with Crippen molar-refractivity contribution < 1.29 is 0 Å². The summed E-state index contributed by atoms with van der Waals surface area (Å²) in [7, 11) is 0. The van der Waals surface area contributed by atoms with Gasteiger partial charge < -0.3 is 5.73 Å². The highest BCUT2D eigenvalue weighted by molar-refractivity contribution is 9.10. The number of nitrogens with two attached hydrogens (primary N) is 1. The zero-order chi connectivity index (χ0) is 10.1. The molecule has 0 unspecified atom stereocenters. The number of nitrogen functional groups attached to an aromatic ring is 1. The van der Waals surface area contributed by atoms with Crippen molar-refractivity contribution in [1.82, 2.24) is 14.8 Å². The van der Waals surface area contributed by atoms with Crippen LogP contribution in [0.5, 0.6) is 0 Å². The monoisotopic (exact) mass is 252 g/mol. The molecule has 2 heterocycles. The maximum Gasteiger partial charge on any atom is 0.169 e. The lowest BCUT2D eigenvalue weighted by atomic mass is 10.4. The molecule has 2 N–H and O–H groups in total. The van der Waals surface area contributed by atoms with Gasteiger partial charge in [-0.25, -0.2) is 9.67 Å². The van der Waals surface area contributed by atoms with Gasteiger partial charge in [0.05, 0.1) is 15.9 Å². The van der Waals surface area contributed by atoms with Gasteiger partial charge in [-0.3, -0.25) is 0 Å². The third-order valence-corrected chi connectivity index (χ3v) is 2.65. The number of anilines is 1. The lowest BCUT2D eigenvalue weighted by Crippen LogP contribution is -2.01. The van der Waals surface area contributed by atoms with E-state index < -0.39 is 0 Å². The van der Waals surface area contributed by atoms with E-state index in [2.05, 4.69) is 26.0 Å². The highest BCUT2D eigenvalue weighted by Crippen LogP contribution is 2.24. The predicted molar refractivity (Wildman–Crippen MR) is 58.2 cm³/mol. The summed E-state index contributed by atoms with van der Waals surface area (Å²) in [5.41, 5.74) is 7.34. The molecular formula is C9H9BrN4. The number of halogens is 1. The molecule has 0 spiro atoms. The fraction of sp³-hybridized carbons (Fsp3) is 0.111. The Kier molecular flexibility index (Phi) is 2.25. The largest absolute Gasteiger partial charge is 0.398 e. The number of rotatable bonds is 1. The number of hydrogen-bond acceptors (Lipinski definition) is 3. The van der Waals surface area contributed by atoms with Gasteiger partial charge in [0.25, 0.3) is 0 Å². The molecule has 0 atom stereocenters. The Bertz CT molecular complexity index is 464. The highest BCUT2D eigenvalue weighted by Gasteiger charge is 2.06. The summed E-state index contributed by atoms with van der Waals surface area (Å²) >= 11 is 3.38. The fourth-order valence-electron chi connectivity index (χ4n) is 1.14. The first-order valence-corrected chi connectivity index (χ1v) is 4.90. The minimum absolute atomic E-state index is 0.656. The normalized spacial score (nSPS) is 10.4. The first kappa shape index (κ1) is 9.21. The summed E-state index contributed by atoms with van der Waals surface area (Å²) in [5, 5.41) is 4.25. The molecule has 0 aromatic carbocycles. The lowest BCUT2D eigenvalue weighted by Gasteiger charge is -2.04. The van der Waals surface area contributed by atoms with E-state index in [0.29, 0.717) is 11.5 Å². The summed E-state index contributed by atoms with van der Waals surface area (Å²) < 4.78 is 2.46. The maximum atomic E-state index is 5.74. The molecule has 0 saturated carbocycles. The second-order valence-corrected chi connectivity index (χ2v) is 3.73. The van der Waals surface area contributed by atoms with Crippen LogP contribution in [0.4, 0.5) is 5.69 Å². The molecule has 0 aliphatic carbocycles. The van der Waals surface area contributed by atoms with Crippen LogP contribution >= 0.6 is 15.9 Å². The van der Waals surface area contributed by atoms with Crippen molar-refractivity contribution >= 4 is 21.6 Å². The van der Waals surface area contributed by atoms with Crippen LogP contribution in [-0.4, -0.2) is 14.8 Å². The van der Waals surface area contributed by atoms with Gasteiger partial charge in [0.1, 0.15) is 0 Å². The third-order valence-electron chi connectivity index (χ3n) is 1.84. The Morgan fingerprint density at radius 2 is 2.21 bits per heavy atom. The van der Waals surface area contributed by atoms with Gasteiger partial charge in [-0.05, 0) is 35.0 Å². The Morgan fingerprint density at radius 3 is 2.86 bits per heavy atom. The van der Waals surface area contributed by atoms with Crippen LogP contribution < -0.4 is 5.73 Å². The highest BCUT2D eigenvalue weighted by atomic mass is 79.9. The average molecular weight is 253 g/mol. The summed E-state index contributed by atoms with van der Waals surface area (Å²) in [4.78, 5) is 4.20. The zero-order valence-electron chi connectivity index (χ0n) is 7.61. The minimum Gasteiger partial charge on any atom is -0.398 e. The van der Waals surface area contributed by atoms with Gasteiger partial charge in [-0.15, -0.1) is 0 Å². The van der Waals surface area contributed by atoms with Crippen molar-refractivity contribution in [3.63, 3.8) is 0 Å². The quantitative estimate of drug-likeness (QED) is 0.844. The number of aromatic nitrogens is 3. The van der Waals surface area contributed by atoms with Crippen molar-refractivity contribution in [2.75, 3.05) is 5.73 Å². The third kappa shape index (κ3) is 1.50. The van der Waals surface area contributed by atoms with Crippen molar-refractivity contribution in [2.24, 2.45) is 0 Å². The van der Waals surface area contributed by atoms with E-state index >= 15 is 0 Å². The van der Waals surface area contributed by atoms with Crippen LogP contribution in [0, 0.1) is 6.92 Å². The SMILES string of the molecule is Cc1ccn(-c2nccc(N)c2Br)n1. The molecule has 5 heteroatoms. The Balaban J connectivity index is 2.57. The topological polar surface area (TPSA) is 56.7 Å². The van der Waals surface area contributed by atoms with Crippen LogP contribution in [0.15, 0.2) is 29.0 Å². The van der Waals surface area contributed by atoms with Crippen molar-refractivity contribution in [3.05, 3.63) is 34.7 Å². The van der Waals surface area contributed by atoms with Crippen LogP contribution in [0.25, 0.3) is 5.82 Å². The molecule has 14 heavy (non-hydrogen) atoms. The molecule has 0 bridgehead atoms. The van der Waals surface area contributed by atoms with E-state index in [1.54, 1.807) is 16.9 Å². The second kappa shape index (κ2) is 3.42. The molecule has 4 nitrogen and oxygen atoms in total. The number of nitrogens with zero attached hydrogens (tertiary/aromatic N) is 3. The Labute approximate surface area is 89.9 Å². The van der Waals surface area contributed by atoms with Gasteiger partial charge in [0, 0.05) is 12.4 Å². The first-order chi connectivity index (χ1) is 6.68. The molecule has 0 fully saturated rings. The first-order valence-electron chi connectivity index (χ1n) is 4.11. The Hall–Kier alpha value is -1.36.